The number of nitrogen functional groups attached to an aromatic ring is 1. The van der Waals surface area contributed by atoms with Gasteiger partial charge in [-0.05, 0) is 61.2 Å². The summed E-state index contributed by atoms with van der Waals surface area (Å²) in [7, 11) is 0. The van der Waals surface area contributed by atoms with Crippen LogP contribution in [0, 0.1) is 18.3 Å². The maximum Gasteiger partial charge on any atom is 0.260 e. The van der Waals surface area contributed by atoms with Crippen molar-refractivity contribution >= 4 is 28.3 Å². The summed E-state index contributed by atoms with van der Waals surface area (Å²) in [5.74, 6) is 0.790. The molecule has 2 aliphatic rings. The van der Waals surface area contributed by atoms with Gasteiger partial charge in [0.2, 0.25) is 0 Å². The van der Waals surface area contributed by atoms with Crippen molar-refractivity contribution in [3.63, 3.8) is 0 Å². The van der Waals surface area contributed by atoms with Crippen LogP contribution in [0.1, 0.15) is 76.7 Å². The van der Waals surface area contributed by atoms with Gasteiger partial charge in [0.15, 0.2) is 0 Å². The predicted molar refractivity (Wildman–Crippen MR) is 146 cm³/mol. The van der Waals surface area contributed by atoms with Crippen LogP contribution in [0.4, 0.5) is 11.5 Å². The lowest BCUT2D eigenvalue weighted by atomic mass is 10.0. The van der Waals surface area contributed by atoms with Crippen molar-refractivity contribution in [1.82, 2.24) is 15.0 Å². The number of nitrogens with two attached hydrogens (primary N) is 1. The number of carbonyl (C=O) groups is 1. The van der Waals surface area contributed by atoms with E-state index in [9.17, 15) is 4.79 Å². The highest BCUT2D eigenvalue weighted by Crippen LogP contribution is 2.40. The van der Waals surface area contributed by atoms with E-state index in [1.54, 1.807) is 17.0 Å². The Hall–Kier alpha value is -4.35. The minimum atomic E-state index is -0.217. The van der Waals surface area contributed by atoms with Gasteiger partial charge in [0.1, 0.15) is 17.6 Å². The summed E-state index contributed by atoms with van der Waals surface area (Å²) in [6.45, 7) is 7.25. The zero-order valence-corrected chi connectivity index (χ0v) is 21.9. The summed E-state index contributed by atoms with van der Waals surface area (Å²) in [5, 5.41) is 10.1. The first-order valence-electron chi connectivity index (χ1n) is 12.9. The molecular weight excluding hydrogens is 476 g/mol. The van der Waals surface area contributed by atoms with Gasteiger partial charge in [-0.3, -0.25) is 9.78 Å². The molecule has 6 rings (SSSR count). The van der Waals surface area contributed by atoms with Gasteiger partial charge >= 0.3 is 0 Å². The van der Waals surface area contributed by atoms with E-state index in [1.807, 2.05) is 57.2 Å². The van der Waals surface area contributed by atoms with Crippen LogP contribution in [0.3, 0.4) is 0 Å². The molecule has 1 aliphatic heterocycles. The van der Waals surface area contributed by atoms with Gasteiger partial charge in [-0.2, -0.15) is 5.26 Å². The van der Waals surface area contributed by atoms with E-state index < -0.39 is 0 Å². The van der Waals surface area contributed by atoms with Crippen molar-refractivity contribution in [3.05, 3.63) is 88.0 Å². The molecule has 4 heterocycles. The Kier molecular flexibility index (Phi) is 7.03. The second-order valence-electron chi connectivity index (χ2n) is 9.35. The topological polar surface area (TPSA) is 118 Å². The molecule has 38 heavy (non-hydrogen) atoms. The number of aryl methyl sites for hydroxylation is 1. The summed E-state index contributed by atoms with van der Waals surface area (Å²) in [6, 6.07) is 15.2. The third-order valence-electron chi connectivity index (χ3n) is 6.87. The standard InChI is InChI=1S/C28H24N6O2.C2H6/c1-16-26(9-8-24(32-16)18-3-4-18)34(28(35)19-5-6-20(11-29)31-12-19)13-17-2-7-21-22-14-36-15-23(22)27(30)33-25(21)10-17;1-2/h2,5-10,12,18H,3-4,13-15H2,1H3,(H2,30,33);1-2H3. The maximum atomic E-state index is 13.7. The molecule has 1 fully saturated rings. The Balaban J connectivity index is 0.00000144. The third-order valence-corrected chi connectivity index (χ3v) is 6.87. The Morgan fingerprint density at radius 1 is 1.11 bits per heavy atom. The van der Waals surface area contributed by atoms with Crippen LogP contribution in [0.2, 0.25) is 0 Å². The molecule has 0 spiro atoms. The molecule has 192 valence electrons. The van der Waals surface area contributed by atoms with Gasteiger partial charge in [-0.25, -0.2) is 9.97 Å². The van der Waals surface area contributed by atoms with Gasteiger partial charge in [-0.1, -0.05) is 26.0 Å². The number of hydrogen-bond acceptors (Lipinski definition) is 7. The van der Waals surface area contributed by atoms with Gasteiger partial charge in [0, 0.05) is 28.8 Å². The largest absolute Gasteiger partial charge is 0.383 e. The number of aromatic nitrogens is 3. The molecule has 0 unspecified atom stereocenters. The maximum absolute atomic E-state index is 13.7. The lowest BCUT2D eigenvalue weighted by Gasteiger charge is -2.25. The molecule has 1 amide bonds. The highest BCUT2D eigenvalue weighted by Gasteiger charge is 2.27. The minimum Gasteiger partial charge on any atom is -0.383 e. The highest BCUT2D eigenvalue weighted by atomic mass is 16.5. The normalized spacial score (nSPS) is 13.8. The summed E-state index contributed by atoms with van der Waals surface area (Å²) in [6.07, 6.45) is 3.77. The van der Waals surface area contributed by atoms with Crippen LogP contribution < -0.4 is 10.6 Å². The number of benzene rings is 1. The van der Waals surface area contributed by atoms with Crippen molar-refractivity contribution in [1.29, 1.82) is 5.26 Å². The van der Waals surface area contributed by atoms with Crippen LogP contribution in [0.25, 0.3) is 10.9 Å². The van der Waals surface area contributed by atoms with E-state index in [1.165, 1.54) is 6.20 Å². The summed E-state index contributed by atoms with van der Waals surface area (Å²) >= 11 is 0. The SMILES string of the molecule is CC.Cc1nc(C2CC2)ccc1N(Cc1ccc2c3c(c(N)nc2c1)COC3)C(=O)c1ccc(C#N)nc1. The average Bonchev–Trinajstić information content (AvgIpc) is 3.68. The number of nitriles is 1. The minimum absolute atomic E-state index is 0.217. The number of nitrogens with zero attached hydrogens (tertiary/aromatic N) is 5. The molecule has 0 atom stereocenters. The Morgan fingerprint density at radius 3 is 2.58 bits per heavy atom. The molecule has 0 bridgehead atoms. The van der Waals surface area contributed by atoms with Crippen LogP contribution in [-0.4, -0.2) is 20.9 Å². The number of ether oxygens (including phenoxy) is 1. The zero-order valence-electron chi connectivity index (χ0n) is 21.9. The molecule has 0 radical (unpaired) electrons. The molecule has 2 N–H and O–H groups in total. The van der Waals surface area contributed by atoms with Crippen molar-refractivity contribution in [2.24, 2.45) is 0 Å². The molecule has 8 nitrogen and oxygen atoms in total. The molecule has 0 saturated heterocycles. The third kappa shape index (κ3) is 4.81. The number of carbonyl (C=O) groups excluding carboxylic acids is 1. The zero-order chi connectivity index (χ0) is 26.8. The van der Waals surface area contributed by atoms with Crippen molar-refractivity contribution in [3.8, 4) is 6.07 Å². The summed E-state index contributed by atoms with van der Waals surface area (Å²) in [5.41, 5.74) is 13.2. The fourth-order valence-electron chi connectivity index (χ4n) is 4.77. The molecule has 8 heteroatoms. The first-order valence-corrected chi connectivity index (χ1v) is 12.9. The lowest BCUT2D eigenvalue weighted by molar-refractivity contribution is 0.0984. The Bertz CT molecular complexity index is 1550. The number of amides is 1. The first kappa shape index (κ1) is 25.3. The Morgan fingerprint density at radius 2 is 1.89 bits per heavy atom. The smallest absolute Gasteiger partial charge is 0.260 e. The first-order chi connectivity index (χ1) is 18.5. The number of hydrogen-bond donors (Lipinski definition) is 1. The second kappa shape index (κ2) is 10.6. The average molecular weight is 507 g/mol. The quantitative estimate of drug-likeness (QED) is 0.376. The van der Waals surface area contributed by atoms with Gasteiger partial charge in [-0.15, -0.1) is 0 Å². The molecule has 3 aromatic heterocycles. The second-order valence-corrected chi connectivity index (χ2v) is 9.35. The lowest BCUT2D eigenvalue weighted by Crippen LogP contribution is -2.31. The van der Waals surface area contributed by atoms with Crippen LogP contribution in [0.15, 0.2) is 48.7 Å². The molecule has 1 aromatic carbocycles. The van der Waals surface area contributed by atoms with Crippen molar-refractivity contribution in [2.75, 3.05) is 10.6 Å². The highest BCUT2D eigenvalue weighted by molar-refractivity contribution is 6.06. The fraction of sp³-hybridized carbons (Fsp3) is 0.300. The van der Waals surface area contributed by atoms with Crippen molar-refractivity contribution in [2.45, 2.75) is 59.3 Å². The van der Waals surface area contributed by atoms with E-state index in [0.29, 0.717) is 37.1 Å². The number of rotatable bonds is 5. The monoisotopic (exact) mass is 506 g/mol. The number of fused-ring (bicyclic) bond motifs is 3. The number of pyridine rings is 3. The molecular formula is C30H30N6O2. The predicted octanol–water partition coefficient (Wildman–Crippen LogP) is 5.57. The van der Waals surface area contributed by atoms with Gasteiger partial charge < -0.3 is 15.4 Å². The van der Waals surface area contributed by atoms with Gasteiger partial charge in [0.25, 0.3) is 5.91 Å². The van der Waals surface area contributed by atoms with E-state index in [4.69, 9.17) is 20.7 Å². The van der Waals surface area contributed by atoms with E-state index in [2.05, 4.69) is 9.97 Å². The molecule has 1 aliphatic carbocycles. The van der Waals surface area contributed by atoms with Crippen LogP contribution in [-0.2, 0) is 24.5 Å². The van der Waals surface area contributed by atoms with Crippen molar-refractivity contribution < 1.29 is 9.53 Å². The van der Waals surface area contributed by atoms with Crippen LogP contribution in [0.5, 0.6) is 0 Å². The van der Waals surface area contributed by atoms with E-state index in [0.717, 1.165) is 57.5 Å². The fourth-order valence-corrected chi connectivity index (χ4v) is 4.77. The van der Waals surface area contributed by atoms with Gasteiger partial charge in [0.05, 0.1) is 42.2 Å². The molecule has 4 aromatic rings. The molecule has 1 saturated carbocycles. The summed E-state index contributed by atoms with van der Waals surface area (Å²) in [4.78, 5) is 28.9. The van der Waals surface area contributed by atoms with E-state index >= 15 is 0 Å². The van der Waals surface area contributed by atoms with E-state index in [-0.39, 0.29) is 11.6 Å². The van der Waals surface area contributed by atoms with Crippen LogP contribution >= 0.6 is 0 Å². The number of anilines is 2. The Labute approximate surface area is 222 Å². The summed E-state index contributed by atoms with van der Waals surface area (Å²) < 4.78 is 5.59.